The van der Waals surface area contributed by atoms with E-state index in [2.05, 4.69) is 39.3 Å². The van der Waals surface area contributed by atoms with E-state index in [1.807, 2.05) is 31.2 Å². The van der Waals surface area contributed by atoms with Gasteiger partial charge in [0.05, 0.1) is 19.1 Å². The summed E-state index contributed by atoms with van der Waals surface area (Å²) in [5.74, 6) is 6.48. The van der Waals surface area contributed by atoms with Crippen LogP contribution in [0.2, 0.25) is 0 Å². The highest BCUT2D eigenvalue weighted by Gasteiger charge is 2.52. The number of urea groups is 1. The van der Waals surface area contributed by atoms with Crippen molar-refractivity contribution >= 4 is 23.7 Å². The van der Waals surface area contributed by atoms with Crippen LogP contribution in [0.4, 0.5) is 4.79 Å². The number of fused-ring (bicyclic) bond motifs is 1. The van der Waals surface area contributed by atoms with E-state index in [0.717, 1.165) is 37.5 Å². The zero-order valence-electron chi connectivity index (χ0n) is 22.5. The van der Waals surface area contributed by atoms with Crippen LogP contribution in [0, 0.1) is 28.6 Å². The van der Waals surface area contributed by atoms with E-state index in [9.17, 15) is 14.4 Å². The van der Waals surface area contributed by atoms with E-state index in [1.54, 1.807) is 30.2 Å². The average Bonchev–Trinajstić information content (AvgIpc) is 3.22. The molecule has 0 bridgehead atoms. The SMILES string of the molecule is COC1=CC2CCN(C[C@@]3(C#Cc4ccc(C(=N)N5CCN(C)CC5)cc4)NC(=O)NC3=O)C(=O)C2(C)C=C1. The number of methoxy groups -OCH3 is 1. The molecule has 3 heterocycles. The molecule has 1 aromatic rings. The van der Waals surface area contributed by atoms with E-state index in [4.69, 9.17) is 10.1 Å². The Kier molecular flexibility index (Phi) is 6.95. The number of piperidine rings is 1. The Morgan fingerprint density at radius 3 is 2.49 bits per heavy atom. The van der Waals surface area contributed by atoms with Gasteiger partial charge in [0.2, 0.25) is 11.4 Å². The summed E-state index contributed by atoms with van der Waals surface area (Å²) in [6, 6.07) is 6.66. The van der Waals surface area contributed by atoms with Gasteiger partial charge in [0, 0.05) is 49.8 Å². The smallest absolute Gasteiger partial charge is 0.323 e. The number of nitrogens with one attached hydrogen (secondary N) is 3. The predicted molar refractivity (Wildman–Crippen MR) is 146 cm³/mol. The van der Waals surface area contributed by atoms with Crippen LogP contribution in [0.15, 0.2) is 48.3 Å². The van der Waals surface area contributed by atoms with Crippen LogP contribution >= 0.6 is 0 Å². The Bertz CT molecular complexity index is 1320. The molecule has 4 aliphatic rings. The summed E-state index contributed by atoms with van der Waals surface area (Å²) >= 11 is 0. The average molecular weight is 531 g/mol. The topological polar surface area (TPSA) is 118 Å². The zero-order valence-corrected chi connectivity index (χ0v) is 22.5. The second-order valence-corrected chi connectivity index (χ2v) is 10.8. The third-order valence-corrected chi connectivity index (χ3v) is 8.19. The Balaban J connectivity index is 1.34. The Hall–Kier alpha value is -4.10. The largest absolute Gasteiger partial charge is 0.497 e. The summed E-state index contributed by atoms with van der Waals surface area (Å²) < 4.78 is 5.34. The number of benzene rings is 1. The quantitative estimate of drug-likeness (QED) is 0.233. The molecule has 4 amide bonds. The number of ether oxygens (including phenoxy) is 1. The van der Waals surface area contributed by atoms with Gasteiger partial charge in [-0.25, -0.2) is 4.79 Å². The maximum Gasteiger partial charge on any atom is 0.323 e. The fraction of sp³-hybridized carbons (Fsp3) is 0.448. The van der Waals surface area contributed by atoms with Gasteiger partial charge in [0.15, 0.2) is 0 Å². The van der Waals surface area contributed by atoms with E-state index >= 15 is 0 Å². The molecule has 3 aliphatic heterocycles. The molecule has 10 nitrogen and oxygen atoms in total. The van der Waals surface area contributed by atoms with E-state index in [-0.39, 0.29) is 18.4 Å². The molecule has 3 saturated heterocycles. The summed E-state index contributed by atoms with van der Waals surface area (Å²) in [6.45, 7) is 5.71. The van der Waals surface area contributed by atoms with Crippen molar-refractivity contribution in [3.05, 3.63) is 59.4 Å². The summed E-state index contributed by atoms with van der Waals surface area (Å²) in [6.07, 6.45) is 6.32. The minimum absolute atomic E-state index is 0.0154. The van der Waals surface area contributed by atoms with Crippen LogP contribution in [0.25, 0.3) is 0 Å². The summed E-state index contributed by atoms with van der Waals surface area (Å²) in [5.41, 5.74) is -0.896. The van der Waals surface area contributed by atoms with Crippen molar-refractivity contribution in [3.8, 4) is 11.8 Å². The van der Waals surface area contributed by atoms with Crippen LogP contribution in [0.5, 0.6) is 0 Å². The molecule has 2 unspecified atom stereocenters. The van der Waals surface area contributed by atoms with Crippen molar-refractivity contribution in [2.24, 2.45) is 11.3 Å². The van der Waals surface area contributed by atoms with Gasteiger partial charge in [-0.1, -0.05) is 30.0 Å². The molecule has 3 fully saturated rings. The number of allylic oxidation sites excluding steroid dienone is 2. The number of hydrogen-bond donors (Lipinski definition) is 3. The fourth-order valence-electron chi connectivity index (χ4n) is 5.56. The van der Waals surface area contributed by atoms with Crippen molar-refractivity contribution < 1.29 is 19.1 Å². The number of amides is 4. The van der Waals surface area contributed by atoms with Crippen LogP contribution in [0.3, 0.4) is 0 Å². The molecular formula is C29H34N6O4. The number of hydrogen-bond acceptors (Lipinski definition) is 6. The second kappa shape index (κ2) is 10.2. The van der Waals surface area contributed by atoms with Crippen molar-refractivity contribution in [1.29, 1.82) is 5.41 Å². The van der Waals surface area contributed by atoms with Gasteiger partial charge in [-0.3, -0.25) is 20.3 Å². The number of carbonyl (C=O) groups is 3. The fourth-order valence-corrected chi connectivity index (χ4v) is 5.56. The van der Waals surface area contributed by atoms with Gasteiger partial charge < -0.3 is 24.8 Å². The Labute approximate surface area is 228 Å². The normalized spacial score (nSPS) is 28.6. The number of likely N-dealkylation sites (N-methyl/N-ethyl adjacent to an activating group) is 1. The minimum Gasteiger partial charge on any atom is -0.497 e. The highest BCUT2D eigenvalue weighted by Crippen LogP contribution is 2.42. The van der Waals surface area contributed by atoms with Gasteiger partial charge in [-0.15, -0.1) is 0 Å². The van der Waals surface area contributed by atoms with Crippen molar-refractivity contribution in [3.63, 3.8) is 0 Å². The molecule has 5 rings (SSSR count). The first-order chi connectivity index (χ1) is 18.6. The van der Waals surface area contributed by atoms with E-state index in [0.29, 0.717) is 24.4 Å². The molecule has 204 valence electrons. The highest BCUT2D eigenvalue weighted by molar-refractivity contribution is 6.09. The molecule has 1 aromatic carbocycles. The van der Waals surface area contributed by atoms with Gasteiger partial charge in [0.25, 0.3) is 5.91 Å². The Morgan fingerprint density at radius 1 is 1.13 bits per heavy atom. The molecule has 10 heteroatoms. The number of nitrogens with zero attached hydrogens (tertiary/aromatic N) is 3. The summed E-state index contributed by atoms with van der Waals surface area (Å²) in [4.78, 5) is 44.7. The van der Waals surface area contributed by atoms with Gasteiger partial charge in [-0.2, -0.15) is 0 Å². The number of likely N-dealkylation sites (tertiary alicyclic amines) is 1. The maximum absolute atomic E-state index is 13.6. The highest BCUT2D eigenvalue weighted by atomic mass is 16.5. The lowest BCUT2D eigenvalue weighted by molar-refractivity contribution is -0.146. The molecule has 39 heavy (non-hydrogen) atoms. The van der Waals surface area contributed by atoms with Crippen molar-refractivity contribution in [1.82, 2.24) is 25.3 Å². The Morgan fingerprint density at radius 2 is 1.85 bits per heavy atom. The van der Waals surface area contributed by atoms with E-state index in [1.165, 1.54) is 0 Å². The molecular weight excluding hydrogens is 496 g/mol. The summed E-state index contributed by atoms with van der Waals surface area (Å²) in [5, 5.41) is 13.5. The maximum atomic E-state index is 13.6. The third kappa shape index (κ3) is 5.02. The second-order valence-electron chi connectivity index (χ2n) is 10.8. The van der Waals surface area contributed by atoms with Crippen molar-refractivity contribution in [2.45, 2.75) is 18.9 Å². The molecule has 1 aliphatic carbocycles. The molecule has 3 atom stereocenters. The van der Waals surface area contributed by atoms with E-state index < -0.39 is 22.9 Å². The third-order valence-electron chi connectivity index (χ3n) is 8.19. The zero-order chi connectivity index (χ0) is 27.8. The lowest BCUT2D eigenvalue weighted by Crippen LogP contribution is -2.60. The van der Waals surface area contributed by atoms with Gasteiger partial charge in [0.1, 0.15) is 11.6 Å². The lowest BCUT2D eigenvalue weighted by Gasteiger charge is -2.45. The summed E-state index contributed by atoms with van der Waals surface area (Å²) in [7, 11) is 3.68. The van der Waals surface area contributed by atoms with Crippen molar-refractivity contribution in [2.75, 3.05) is 53.4 Å². The number of carbonyl (C=O) groups excluding carboxylic acids is 3. The number of piperazine rings is 1. The predicted octanol–water partition coefficient (Wildman–Crippen LogP) is 1.14. The standard InChI is InChI=1S/C29H34N6O4/c1-28-11-9-23(39-3)18-22(28)10-13-35(26(28)37)19-29(25(36)31-27(38)32-29)12-8-20-4-6-21(7-5-20)24(30)34-16-14-33(2)15-17-34/h4-7,9,11,18,22,30H,10,13-17,19H2,1-3H3,(H2,31,32,36,38)/t22?,28?,29-/m1/s1. The van der Waals surface area contributed by atoms with Crippen LogP contribution in [-0.4, -0.2) is 97.3 Å². The first-order valence-corrected chi connectivity index (χ1v) is 13.2. The molecule has 3 N–H and O–H groups in total. The van der Waals surface area contributed by atoms with Gasteiger partial charge in [-0.05, 0) is 44.7 Å². The number of rotatable bonds is 4. The van der Waals surface area contributed by atoms with Gasteiger partial charge >= 0.3 is 6.03 Å². The molecule has 0 radical (unpaired) electrons. The number of amidine groups is 1. The first-order valence-electron chi connectivity index (χ1n) is 13.2. The minimum atomic E-state index is -1.56. The first kappa shape index (κ1) is 26.5. The monoisotopic (exact) mass is 530 g/mol. The van der Waals surface area contributed by atoms with Crippen LogP contribution < -0.4 is 10.6 Å². The lowest BCUT2D eigenvalue weighted by atomic mass is 9.69. The van der Waals surface area contributed by atoms with Crippen LogP contribution in [-0.2, 0) is 14.3 Å². The number of imide groups is 1. The molecule has 0 saturated carbocycles. The van der Waals surface area contributed by atoms with Crippen LogP contribution in [0.1, 0.15) is 24.5 Å². The molecule has 0 aromatic heterocycles. The molecule has 0 spiro atoms.